The minimum Gasteiger partial charge on any atom is -0.388 e. The molecule has 4 aromatic heterocycles. The van der Waals surface area contributed by atoms with Crippen molar-refractivity contribution in [3.05, 3.63) is 36.4 Å². The van der Waals surface area contributed by atoms with Gasteiger partial charge in [-0.05, 0) is 25.7 Å². The molecule has 4 aromatic rings. The summed E-state index contributed by atoms with van der Waals surface area (Å²) in [6.45, 7) is 10.7. The van der Waals surface area contributed by atoms with E-state index in [0.29, 0.717) is 41.8 Å². The molecule has 4 N–H and O–H groups in total. The highest BCUT2D eigenvalue weighted by Gasteiger charge is 2.44. The maximum absolute atomic E-state index is 11.1. The van der Waals surface area contributed by atoms with Gasteiger partial charge in [0.25, 0.3) is 0 Å². The van der Waals surface area contributed by atoms with Crippen LogP contribution >= 0.6 is 0 Å². The van der Waals surface area contributed by atoms with Gasteiger partial charge in [-0.25, -0.2) is 14.6 Å². The van der Waals surface area contributed by atoms with E-state index in [1.54, 1.807) is 11.0 Å². The zero-order chi connectivity index (χ0) is 28.2. The van der Waals surface area contributed by atoms with Crippen molar-refractivity contribution in [2.45, 2.75) is 90.6 Å². The number of aryl methyl sites for hydroxylation is 2. The van der Waals surface area contributed by atoms with Gasteiger partial charge in [-0.2, -0.15) is 9.97 Å². The summed E-state index contributed by atoms with van der Waals surface area (Å²) in [5, 5.41) is 37.3. The van der Waals surface area contributed by atoms with Crippen LogP contribution < -0.4 is 10.6 Å². The standard InChI is InChI=1S/C27H41N11O2/c1-5-17(6-2)12-29-25-22-26(33-27(32-25)28-10-9-19-13-36(8-4)15-30-19)37(16-31-22)20-11-21(24(40)23(20)39)38-14-18(7-3)34-35-38/h13-17,20-21,23-24,39-40H,5-12H2,1-4H3,(H2,28,29,32,33)/t20-,21+,23+,24-/m1/s1. The summed E-state index contributed by atoms with van der Waals surface area (Å²) >= 11 is 0. The summed E-state index contributed by atoms with van der Waals surface area (Å²) in [5.74, 6) is 1.65. The van der Waals surface area contributed by atoms with E-state index in [4.69, 9.17) is 9.97 Å². The Morgan fingerprint density at radius 3 is 2.45 bits per heavy atom. The van der Waals surface area contributed by atoms with Crippen LogP contribution in [0.4, 0.5) is 11.8 Å². The number of aliphatic hydroxyl groups excluding tert-OH is 2. The van der Waals surface area contributed by atoms with E-state index in [9.17, 15) is 10.2 Å². The predicted molar refractivity (Wildman–Crippen MR) is 152 cm³/mol. The number of hydrogen-bond acceptors (Lipinski definition) is 10. The molecule has 13 nitrogen and oxygen atoms in total. The van der Waals surface area contributed by atoms with E-state index in [1.165, 1.54) is 0 Å². The van der Waals surface area contributed by atoms with Crippen molar-refractivity contribution in [2.75, 3.05) is 23.7 Å². The fraction of sp³-hybridized carbons (Fsp3) is 0.630. The molecule has 40 heavy (non-hydrogen) atoms. The molecule has 0 spiro atoms. The Morgan fingerprint density at radius 1 is 0.950 bits per heavy atom. The van der Waals surface area contributed by atoms with Crippen LogP contribution in [-0.4, -0.2) is 79.6 Å². The van der Waals surface area contributed by atoms with Crippen LogP contribution in [0.25, 0.3) is 11.2 Å². The van der Waals surface area contributed by atoms with Gasteiger partial charge >= 0.3 is 0 Å². The molecule has 0 bridgehead atoms. The summed E-state index contributed by atoms with van der Waals surface area (Å²) in [6.07, 6.45) is 9.48. The molecule has 0 radical (unpaired) electrons. The number of nitrogens with one attached hydrogen (secondary N) is 2. The zero-order valence-corrected chi connectivity index (χ0v) is 23.8. The van der Waals surface area contributed by atoms with Crippen LogP contribution in [0.2, 0.25) is 0 Å². The van der Waals surface area contributed by atoms with Crippen molar-refractivity contribution in [1.82, 2.24) is 44.1 Å². The summed E-state index contributed by atoms with van der Waals surface area (Å²) < 4.78 is 5.57. The molecule has 5 rings (SSSR count). The van der Waals surface area contributed by atoms with Gasteiger partial charge in [-0.1, -0.05) is 38.8 Å². The van der Waals surface area contributed by atoms with Crippen molar-refractivity contribution >= 4 is 22.9 Å². The highest BCUT2D eigenvalue weighted by molar-refractivity contribution is 5.84. The van der Waals surface area contributed by atoms with E-state index >= 15 is 0 Å². The monoisotopic (exact) mass is 551 g/mol. The van der Waals surface area contributed by atoms with Crippen LogP contribution in [0.3, 0.4) is 0 Å². The highest BCUT2D eigenvalue weighted by Crippen LogP contribution is 2.40. The van der Waals surface area contributed by atoms with Crippen molar-refractivity contribution in [3.8, 4) is 0 Å². The molecule has 1 saturated carbocycles. The number of nitrogens with zero attached hydrogens (tertiary/aromatic N) is 9. The second kappa shape index (κ2) is 12.3. The average molecular weight is 552 g/mol. The molecule has 0 aliphatic heterocycles. The second-order valence-electron chi connectivity index (χ2n) is 10.6. The Hall–Kier alpha value is -3.58. The Labute approximate surface area is 234 Å². The molecule has 13 heteroatoms. The van der Waals surface area contributed by atoms with E-state index in [-0.39, 0.29) is 0 Å². The van der Waals surface area contributed by atoms with Gasteiger partial charge in [0, 0.05) is 38.4 Å². The number of anilines is 2. The normalized spacial score (nSPS) is 21.1. The minimum absolute atomic E-state index is 0.403. The summed E-state index contributed by atoms with van der Waals surface area (Å²) in [6, 6.07) is -0.841. The van der Waals surface area contributed by atoms with Gasteiger partial charge in [0.1, 0.15) is 12.2 Å². The van der Waals surface area contributed by atoms with Crippen LogP contribution in [0, 0.1) is 5.92 Å². The molecular formula is C27H41N11O2. The van der Waals surface area contributed by atoms with Gasteiger partial charge in [-0.3, -0.25) is 0 Å². The van der Waals surface area contributed by atoms with E-state index in [2.05, 4.69) is 51.7 Å². The van der Waals surface area contributed by atoms with Crippen molar-refractivity contribution in [3.63, 3.8) is 0 Å². The largest absolute Gasteiger partial charge is 0.388 e. The lowest BCUT2D eigenvalue weighted by atomic mass is 10.0. The van der Waals surface area contributed by atoms with Crippen LogP contribution in [0.5, 0.6) is 0 Å². The van der Waals surface area contributed by atoms with Gasteiger partial charge in [0.15, 0.2) is 17.0 Å². The lowest BCUT2D eigenvalue weighted by Crippen LogP contribution is -2.30. The molecule has 1 aliphatic carbocycles. The maximum Gasteiger partial charge on any atom is 0.226 e. The topological polar surface area (TPSA) is 157 Å². The Morgan fingerprint density at radius 2 is 1.75 bits per heavy atom. The fourth-order valence-corrected chi connectivity index (χ4v) is 5.35. The van der Waals surface area contributed by atoms with Crippen molar-refractivity contribution in [2.24, 2.45) is 5.92 Å². The SMILES string of the molecule is CCc1cn([C@H]2C[C@@H](n3cnc4c(NCC(CC)CC)nc(NCCc5cn(CC)cn5)nc43)[C@H](O)[C@@H]2O)nn1. The Kier molecular flexibility index (Phi) is 8.60. The van der Waals surface area contributed by atoms with Crippen molar-refractivity contribution < 1.29 is 10.2 Å². The van der Waals surface area contributed by atoms with Gasteiger partial charge < -0.3 is 30.0 Å². The third kappa shape index (κ3) is 5.66. The number of fused-ring (bicyclic) bond motifs is 1. The van der Waals surface area contributed by atoms with Crippen LogP contribution in [-0.2, 0) is 19.4 Å². The molecule has 0 amide bonds. The second-order valence-corrected chi connectivity index (χ2v) is 10.6. The lowest BCUT2D eigenvalue weighted by Gasteiger charge is -2.19. The number of aromatic nitrogens is 9. The molecule has 0 unspecified atom stereocenters. The maximum atomic E-state index is 11.1. The van der Waals surface area contributed by atoms with Gasteiger partial charge in [-0.15, -0.1) is 5.10 Å². The molecule has 1 fully saturated rings. The van der Waals surface area contributed by atoms with E-state index in [0.717, 1.165) is 50.2 Å². The number of rotatable bonds is 13. The molecule has 216 valence electrons. The average Bonchev–Trinajstić information content (AvgIpc) is 3.77. The highest BCUT2D eigenvalue weighted by atomic mass is 16.3. The first kappa shape index (κ1) is 28.0. The summed E-state index contributed by atoms with van der Waals surface area (Å²) in [4.78, 5) is 18.7. The first-order valence-corrected chi connectivity index (χ1v) is 14.4. The molecular weight excluding hydrogens is 510 g/mol. The summed E-state index contributed by atoms with van der Waals surface area (Å²) in [7, 11) is 0. The first-order valence-electron chi connectivity index (χ1n) is 14.4. The Bertz CT molecular complexity index is 1390. The van der Waals surface area contributed by atoms with Crippen LogP contribution in [0.1, 0.15) is 70.4 Å². The molecule has 1 aliphatic rings. The number of aliphatic hydroxyl groups is 2. The fourth-order valence-electron chi connectivity index (χ4n) is 5.35. The quantitative estimate of drug-likeness (QED) is 0.195. The number of imidazole rings is 2. The zero-order valence-electron chi connectivity index (χ0n) is 23.8. The Balaban J connectivity index is 1.42. The van der Waals surface area contributed by atoms with E-state index in [1.807, 2.05) is 34.8 Å². The van der Waals surface area contributed by atoms with Gasteiger partial charge in [0.05, 0.1) is 36.1 Å². The van der Waals surface area contributed by atoms with Crippen molar-refractivity contribution in [1.29, 1.82) is 0 Å². The third-order valence-corrected chi connectivity index (χ3v) is 8.09. The van der Waals surface area contributed by atoms with Crippen LogP contribution in [0.15, 0.2) is 25.0 Å². The third-order valence-electron chi connectivity index (χ3n) is 8.09. The predicted octanol–water partition coefficient (Wildman–Crippen LogP) is 2.61. The first-order chi connectivity index (χ1) is 19.4. The number of hydrogen-bond donors (Lipinski definition) is 4. The molecule has 0 saturated heterocycles. The molecule has 4 heterocycles. The minimum atomic E-state index is -1.02. The molecule has 0 aromatic carbocycles. The molecule has 4 atom stereocenters. The lowest BCUT2D eigenvalue weighted by molar-refractivity contribution is 0.00696. The smallest absolute Gasteiger partial charge is 0.226 e. The summed E-state index contributed by atoms with van der Waals surface area (Å²) in [5.41, 5.74) is 3.08. The van der Waals surface area contributed by atoms with E-state index < -0.39 is 24.3 Å². The van der Waals surface area contributed by atoms with Gasteiger partial charge in [0.2, 0.25) is 5.95 Å².